The summed E-state index contributed by atoms with van der Waals surface area (Å²) >= 11 is 0. The molecule has 0 atom stereocenters. The van der Waals surface area contributed by atoms with Gasteiger partial charge in [0.15, 0.2) is 0 Å². The van der Waals surface area contributed by atoms with Crippen LogP contribution in [0.25, 0.3) is 0 Å². The summed E-state index contributed by atoms with van der Waals surface area (Å²) in [5.41, 5.74) is 1.33. The Hall–Kier alpha value is -1.05. The van der Waals surface area contributed by atoms with Gasteiger partial charge in [0, 0.05) is 12.0 Å². The van der Waals surface area contributed by atoms with E-state index in [1.165, 1.54) is 0 Å². The molecule has 0 spiro atoms. The van der Waals surface area contributed by atoms with E-state index in [9.17, 15) is 4.39 Å². The Balaban J connectivity index is 2.94. The normalized spacial score (nSPS) is 21.5. The maximum absolute atomic E-state index is 12.5. The summed E-state index contributed by atoms with van der Waals surface area (Å²) in [5, 5.41) is 0. The van der Waals surface area contributed by atoms with Crippen molar-refractivity contribution >= 4 is 0 Å². The van der Waals surface area contributed by atoms with Gasteiger partial charge in [0.1, 0.15) is 11.6 Å². The zero-order valence-corrected chi connectivity index (χ0v) is 6.61. The van der Waals surface area contributed by atoms with Crippen LogP contribution in [0.4, 0.5) is 4.39 Å². The molecule has 0 aromatic carbocycles. The van der Waals surface area contributed by atoms with E-state index in [0.717, 1.165) is 12.0 Å². The Morgan fingerprint density at radius 3 is 2.64 bits per heavy atom. The number of ether oxygens (including phenoxy) is 1. The quantitative estimate of drug-likeness (QED) is 0.564. The summed E-state index contributed by atoms with van der Waals surface area (Å²) in [5.74, 6) is 0.139. The lowest BCUT2D eigenvalue weighted by atomic mass is 10.1. The maximum atomic E-state index is 12.5. The number of allylic oxidation sites excluding steroid dienone is 3. The predicted octanol–water partition coefficient (Wildman–Crippen LogP) is 2.72. The van der Waals surface area contributed by atoms with E-state index >= 15 is 0 Å². The summed E-state index contributed by atoms with van der Waals surface area (Å²) < 4.78 is 17.7. The Bertz CT molecular complexity index is 238. The van der Waals surface area contributed by atoms with Gasteiger partial charge in [-0.1, -0.05) is 13.2 Å². The van der Waals surface area contributed by atoms with Crippen molar-refractivity contribution in [1.82, 2.24) is 0 Å². The molecule has 2 heteroatoms. The van der Waals surface area contributed by atoms with Crippen molar-refractivity contribution < 1.29 is 9.13 Å². The van der Waals surface area contributed by atoms with Gasteiger partial charge in [0.05, 0.1) is 6.61 Å². The maximum Gasteiger partial charge on any atom is 0.127 e. The van der Waals surface area contributed by atoms with Crippen LogP contribution in [0, 0.1) is 0 Å². The van der Waals surface area contributed by atoms with Crippen molar-refractivity contribution in [3.63, 3.8) is 0 Å². The van der Waals surface area contributed by atoms with Gasteiger partial charge in [-0.3, -0.25) is 0 Å². The minimum Gasteiger partial charge on any atom is -0.493 e. The van der Waals surface area contributed by atoms with Gasteiger partial charge in [0.25, 0.3) is 0 Å². The first kappa shape index (κ1) is 8.05. The fourth-order valence-electron chi connectivity index (χ4n) is 0.988. The van der Waals surface area contributed by atoms with E-state index in [1.54, 1.807) is 6.92 Å². The number of hydrogen-bond acceptors (Lipinski definition) is 1. The van der Waals surface area contributed by atoms with E-state index in [2.05, 4.69) is 13.2 Å². The van der Waals surface area contributed by atoms with Gasteiger partial charge in [-0.2, -0.15) is 0 Å². The lowest BCUT2D eigenvalue weighted by Gasteiger charge is -2.02. The average molecular weight is 154 g/mol. The van der Waals surface area contributed by atoms with E-state index < -0.39 is 5.83 Å². The first-order chi connectivity index (χ1) is 5.13. The monoisotopic (exact) mass is 154 g/mol. The van der Waals surface area contributed by atoms with Gasteiger partial charge in [-0.25, -0.2) is 4.39 Å². The van der Waals surface area contributed by atoms with Crippen molar-refractivity contribution in [1.29, 1.82) is 0 Å². The fourth-order valence-corrected chi connectivity index (χ4v) is 0.988. The van der Waals surface area contributed by atoms with Crippen LogP contribution in [0.2, 0.25) is 0 Å². The highest BCUT2D eigenvalue weighted by Crippen LogP contribution is 2.27. The van der Waals surface area contributed by atoms with Crippen molar-refractivity contribution in [2.24, 2.45) is 0 Å². The molecule has 1 nitrogen and oxygen atoms in total. The Kier molecular flexibility index (Phi) is 2.13. The highest BCUT2D eigenvalue weighted by molar-refractivity contribution is 5.37. The molecule has 0 saturated carbocycles. The molecule has 1 aliphatic heterocycles. The third-order valence-corrected chi connectivity index (χ3v) is 1.72. The van der Waals surface area contributed by atoms with Crippen LogP contribution in [0.1, 0.15) is 13.3 Å². The van der Waals surface area contributed by atoms with E-state index in [0.29, 0.717) is 17.9 Å². The third-order valence-electron chi connectivity index (χ3n) is 1.72. The topological polar surface area (TPSA) is 9.23 Å². The molecule has 0 aromatic rings. The standard InChI is InChI=1S/C9H11FO/c1-6-4-5-11-9(6)7(2)8(3)10/h1,3-5H2,2H3/b9-7+. The van der Waals surface area contributed by atoms with Crippen molar-refractivity contribution in [2.75, 3.05) is 6.61 Å². The van der Waals surface area contributed by atoms with E-state index in [-0.39, 0.29) is 0 Å². The summed E-state index contributed by atoms with van der Waals surface area (Å²) in [4.78, 5) is 0. The lowest BCUT2D eigenvalue weighted by molar-refractivity contribution is 0.262. The lowest BCUT2D eigenvalue weighted by Crippen LogP contribution is -1.87. The summed E-state index contributed by atoms with van der Waals surface area (Å²) in [6.45, 7) is 9.19. The molecule has 0 N–H and O–H groups in total. The molecule has 0 radical (unpaired) electrons. The van der Waals surface area contributed by atoms with Crippen molar-refractivity contribution in [3.8, 4) is 0 Å². The van der Waals surface area contributed by atoms with Gasteiger partial charge in [0.2, 0.25) is 0 Å². The van der Waals surface area contributed by atoms with Gasteiger partial charge < -0.3 is 4.74 Å². The summed E-state index contributed by atoms with van der Waals surface area (Å²) in [7, 11) is 0. The van der Waals surface area contributed by atoms with Gasteiger partial charge >= 0.3 is 0 Å². The second kappa shape index (κ2) is 2.91. The van der Waals surface area contributed by atoms with Crippen LogP contribution >= 0.6 is 0 Å². The largest absolute Gasteiger partial charge is 0.493 e. The fraction of sp³-hybridized carbons (Fsp3) is 0.333. The van der Waals surface area contributed by atoms with Crippen LogP contribution < -0.4 is 0 Å². The van der Waals surface area contributed by atoms with Gasteiger partial charge in [-0.15, -0.1) is 0 Å². The minimum atomic E-state index is -0.442. The first-order valence-electron chi connectivity index (χ1n) is 3.49. The van der Waals surface area contributed by atoms with Crippen LogP contribution in [-0.4, -0.2) is 6.61 Å². The predicted molar refractivity (Wildman–Crippen MR) is 42.7 cm³/mol. The number of halogens is 1. The van der Waals surface area contributed by atoms with Crippen LogP contribution in [0.3, 0.4) is 0 Å². The Labute approximate surface area is 65.9 Å². The van der Waals surface area contributed by atoms with Gasteiger partial charge in [-0.05, 0) is 12.5 Å². The SMILES string of the molecule is C=C(F)/C(C)=C1/OCCC1=C. The second-order valence-corrected chi connectivity index (χ2v) is 2.56. The summed E-state index contributed by atoms with van der Waals surface area (Å²) in [6.07, 6.45) is 0.792. The molecule has 0 aromatic heterocycles. The molecule has 0 bridgehead atoms. The van der Waals surface area contributed by atoms with Crippen molar-refractivity contribution in [3.05, 3.63) is 35.9 Å². The zero-order valence-electron chi connectivity index (χ0n) is 6.61. The molecule has 1 aliphatic rings. The molecule has 1 rings (SSSR count). The molecular weight excluding hydrogens is 143 g/mol. The number of hydrogen-bond donors (Lipinski definition) is 0. The van der Waals surface area contributed by atoms with Crippen molar-refractivity contribution in [2.45, 2.75) is 13.3 Å². The van der Waals surface area contributed by atoms with Crippen LogP contribution in [-0.2, 0) is 4.74 Å². The molecular formula is C9H11FO. The highest BCUT2D eigenvalue weighted by atomic mass is 19.1. The molecule has 11 heavy (non-hydrogen) atoms. The smallest absolute Gasteiger partial charge is 0.127 e. The molecule has 60 valence electrons. The second-order valence-electron chi connectivity index (χ2n) is 2.56. The summed E-state index contributed by atoms with van der Waals surface area (Å²) in [6, 6.07) is 0. The minimum absolute atomic E-state index is 0.442. The molecule has 0 unspecified atom stereocenters. The molecule has 1 heterocycles. The third kappa shape index (κ3) is 1.50. The molecule has 0 amide bonds. The zero-order chi connectivity index (χ0) is 8.43. The molecule has 1 saturated heterocycles. The van der Waals surface area contributed by atoms with Crippen LogP contribution in [0.5, 0.6) is 0 Å². The van der Waals surface area contributed by atoms with E-state index in [1.807, 2.05) is 0 Å². The van der Waals surface area contributed by atoms with E-state index in [4.69, 9.17) is 4.74 Å². The number of rotatable bonds is 1. The first-order valence-corrected chi connectivity index (χ1v) is 3.49. The molecule has 0 aliphatic carbocycles. The van der Waals surface area contributed by atoms with Crippen LogP contribution in [0.15, 0.2) is 35.9 Å². The average Bonchev–Trinajstić information content (AvgIpc) is 2.33. The Morgan fingerprint density at radius 1 is 1.64 bits per heavy atom. The highest BCUT2D eigenvalue weighted by Gasteiger charge is 2.16. The molecule has 1 fully saturated rings. The Morgan fingerprint density at radius 2 is 2.27 bits per heavy atom.